The van der Waals surface area contributed by atoms with E-state index in [9.17, 15) is 0 Å². The van der Waals surface area contributed by atoms with Gasteiger partial charge in [-0.1, -0.05) is 13.3 Å². The number of ether oxygens (including phenoxy) is 2. The highest BCUT2D eigenvalue weighted by Gasteiger charge is 2.10. The second kappa shape index (κ2) is 11.4. The lowest BCUT2D eigenvalue weighted by Crippen LogP contribution is -2.38. The van der Waals surface area contributed by atoms with E-state index in [-0.39, 0.29) is 24.0 Å². The highest BCUT2D eigenvalue weighted by molar-refractivity contribution is 14.0. The van der Waals surface area contributed by atoms with Crippen molar-refractivity contribution in [2.75, 3.05) is 34.9 Å². The van der Waals surface area contributed by atoms with Crippen LogP contribution in [0.2, 0.25) is 0 Å². The van der Waals surface area contributed by atoms with Crippen LogP contribution in [0.5, 0.6) is 11.5 Å². The second-order valence-corrected chi connectivity index (χ2v) is 4.86. The van der Waals surface area contributed by atoms with Crippen molar-refractivity contribution in [1.29, 1.82) is 0 Å². The molecule has 0 fully saturated rings. The Hall–Kier alpha value is -1.18. The molecule has 1 aromatic rings. The number of aliphatic imine (C=N–C) groups is 1. The third kappa shape index (κ3) is 6.29. The van der Waals surface area contributed by atoms with Crippen molar-refractivity contribution < 1.29 is 9.47 Å². The molecule has 0 aliphatic rings. The Labute approximate surface area is 151 Å². The van der Waals surface area contributed by atoms with Crippen molar-refractivity contribution in [2.24, 2.45) is 4.99 Å². The molecule has 0 saturated heterocycles. The molecular formula is C16H28IN3O2. The quantitative estimate of drug-likeness (QED) is 0.318. The molecule has 0 amide bonds. The minimum atomic E-state index is 0. The molecule has 1 N–H and O–H groups in total. The molecule has 0 heterocycles. The number of hydrogen-bond acceptors (Lipinski definition) is 3. The molecule has 0 spiro atoms. The van der Waals surface area contributed by atoms with Gasteiger partial charge in [0, 0.05) is 38.8 Å². The van der Waals surface area contributed by atoms with Gasteiger partial charge in [-0.15, -0.1) is 24.0 Å². The van der Waals surface area contributed by atoms with Crippen molar-refractivity contribution in [3.8, 4) is 11.5 Å². The van der Waals surface area contributed by atoms with Gasteiger partial charge < -0.3 is 19.7 Å². The van der Waals surface area contributed by atoms with Crippen molar-refractivity contribution >= 4 is 29.9 Å². The summed E-state index contributed by atoms with van der Waals surface area (Å²) in [6.07, 6.45) is 2.30. The van der Waals surface area contributed by atoms with E-state index in [1.54, 1.807) is 21.3 Å². The van der Waals surface area contributed by atoms with E-state index in [0.717, 1.165) is 42.5 Å². The van der Waals surface area contributed by atoms with Crippen molar-refractivity contribution in [3.05, 3.63) is 23.8 Å². The summed E-state index contributed by atoms with van der Waals surface area (Å²) >= 11 is 0. The number of nitrogens with one attached hydrogen (secondary N) is 1. The molecule has 1 aromatic carbocycles. The number of nitrogens with zero attached hydrogens (tertiary/aromatic N) is 2. The highest BCUT2D eigenvalue weighted by atomic mass is 127. The Bertz CT molecular complexity index is 467. The third-order valence-corrected chi connectivity index (χ3v) is 3.29. The molecule has 22 heavy (non-hydrogen) atoms. The molecule has 6 heteroatoms. The molecule has 0 aromatic heterocycles. The van der Waals surface area contributed by atoms with E-state index < -0.39 is 0 Å². The summed E-state index contributed by atoms with van der Waals surface area (Å²) in [6, 6.07) is 5.86. The van der Waals surface area contributed by atoms with E-state index in [2.05, 4.69) is 22.1 Å². The van der Waals surface area contributed by atoms with Gasteiger partial charge >= 0.3 is 0 Å². The summed E-state index contributed by atoms with van der Waals surface area (Å²) in [5.41, 5.74) is 1.10. The maximum absolute atomic E-state index is 5.43. The number of benzene rings is 1. The van der Waals surface area contributed by atoms with Crippen LogP contribution in [0.25, 0.3) is 0 Å². The fourth-order valence-electron chi connectivity index (χ4n) is 2.07. The summed E-state index contributed by atoms with van der Waals surface area (Å²) in [6.45, 7) is 3.84. The molecule has 126 valence electrons. The molecule has 0 aliphatic heterocycles. The number of hydrogen-bond donors (Lipinski definition) is 1. The summed E-state index contributed by atoms with van der Waals surface area (Å²) in [7, 11) is 7.15. The summed E-state index contributed by atoms with van der Waals surface area (Å²) in [5.74, 6) is 2.51. The fourth-order valence-corrected chi connectivity index (χ4v) is 2.07. The minimum absolute atomic E-state index is 0. The maximum Gasteiger partial charge on any atom is 0.193 e. The minimum Gasteiger partial charge on any atom is -0.497 e. The zero-order chi connectivity index (χ0) is 15.7. The smallest absolute Gasteiger partial charge is 0.193 e. The Morgan fingerprint density at radius 2 is 2.00 bits per heavy atom. The van der Waals surface area contributed by atoms with Crippen LogP contribution < -0.4 is 14.8 Å². The van der Waals surface area contributed by atoms with E-state index >= 15 is 0 Å². The number of unbranched alkanes of at least 4 members (excludes halogenated alkanes) is 1. The molecule has 0 atom stereocenters. The van der Waals surface area contributed by atoms with Gasteiger partial charge in [-0.25, -0.2) is 0 Å². The summed E-state index contributed by atoms with van der Waals surface area (Å²) in [5, 5.41) is 3.36. The van der Waals surface area contributed by atoms with Crippen LogP contribution in [0.3, 0.4) is 0 Å². The monoisotopic (exact) mass is 421 g/mol. The molecule has 5 nitrogen and oxygen atoms in total. The molecule has 0 unspecified atom stereocenters. The largest absolute Gasteiger partial charge is 0.497 e. The molecular weight excluding hydrogens is 393 g/mol. The van der Waals surface area contributed by atoms with Gasteiger partial charge in [0.1, 0.15) is 11.5 Å². The van der Waals surface area contributed by atoms with Gasteiger partial charge in [0.15, 0.2) is 5.96 Å². The fraction of sp³-hybridized carbons (Fsp3) is 0.562. The van der Waals surface area contributed by atoms with Crippen LogP contribution in [0.4, 0.5) is 0 Å². The lowest BCUT2D eigenvalue weighted by Gasteiger charge is -2.23. The molecule has 1 rings (SSSR count). The van der Waals surface area contributed by atoms with Crippen LogP contribution >= 0.6 is 24.0 Å². The first kappa shape index (κ1) is 20.8. The molecule has 0 radical (unpaired) electrons. The average Bonchev–Trinajstić information content (AvgIpc) is 2.51. The maximum atomic E-state index is 5.43. The van der Waals surface area contributed by atoms with E-state index in [0.29, 0.717) is 0 Å². The summed E-state index contributed by atoms with van der Waals surface area (Å²) < 4.78 is 10.7. The second-order valence-electron chi connectivity index (χ2n) is 4.86. The van der Waals surface area contributed by atoms with Crippen LogP contribution in [-0.2, 0) is 6.54 Å². The number of guanidine groups is 1. The Morgan fingerprint density at radius 1 is 1.27 bits per heavy atom. The molecule has 0 saturated carbocycles. The van der Waals surface area contributed by atoms with E-state index in [1.165, 1.54) is 6.42 Å². The van der Waals surface area contributed by atoms with Gasteiger partial charge in [0.2, 0.25) is 0 Å². The molecule has 0 bridgehead atoms. The number of halogens is 1. The van der Waals surface area contributed by atoms with Crippen molar-refractivity contribution in [2.45, 2.75) is 26.3 Å². The van der Waals surface area contributed by atoms with Gasteiger partial charge in [-0.3, -0.25) is 4.99 Å². The molecule has 0 aliphatic carbocycles. The van der Waals surface area contributed by atoms with E-state index in [4.69, 9.17) is 9.47 Å². The lowest BCUT2D eigenvalue weighted by molar-refractivity contribution is 0.382. The zero-order valence-electron chi connectivity index (χ0n) is 14.2. The normalized spacial score (nSPS) is 10.7. The standard InChI is InChI=1S/C16H27N3O2.HI/c1-6-7-10-18-16(17-2)19(3)12-13-8-9-14(20-4)11-15(13)21-5;/h8-9,11H,6-7,10,12H2,1-5H3,(H,17,18);1H. The first-order valence-corrected chi connectivity index (χ1v) is 7.28. The number of rotatable bonds is 7. The lowest BCUT2D eigenvalue weighted by atomic mass is 10.2. The first-order chi connectivity index (χ1) is 10.2. The Balaban J connectivity index is 0.00000441. The van der Waals surface area contributed by atoms with Crippen LogP contribution in [0, 0.1) is 0 Å². The van der Waals surface area contributed by atoms with Crippen molar-refractivity contribution in [1.82, 2.24) is 10.2 Å². The highest BCUT2D eigenvalue weighted by Crippen LogP contribution is 2.25. The van der Waals surface area contributed by atoms with Crippen molar-refractivity contribution in [3.63, 3.8) is 0 Å². The predicted octanol–water partition coefficient (Wildman–Crippen LogP) is 3.13. The van der Waals surface area contributed by atoms with Crippen LogP contribution in [-0.4, -0.2) is 45.7 Å². The average molecular weight is 421 g/mol. The van der Waals surface area contributed by atoms with E-state index in [1.807, 2.05) is 25.2 Å². The third-order valence-electron chi connectivity index (χ3n) is 3.29. The number of methoxy groups -OCH3 is 2. The predicted molar refractivity (Wildman–Crippen MR) is 103 cm³/mol. The van der Waals surface area contributed by atoms with Crippen LogP contribution in [0.15, 0.2) is 23.2 Å². The summed E-state index contributed by atoms with van der Waals surface area (Å²) in [4.78, 5) is 6.39. The first-order valence-electron chi connectivity index (χ1n) is 7.28. The zero-order valence-corrected chi connectivity index (χ0v) is 16.5. The topological polar surface area (TPSA) is 46.1 Å². The van der Waals surface area contributed by atoms with Gasteiger partial charge in [0.05, 0.1) is 14.2 Å². The van der Waals surface area contributed by atoms with Gasteiger partial charge in [-0.2, -0.15) is 0 Å². The van der Waals surface area contributed by atoms with Crippen LogP contribution in [0.1, 0.15) is 25.3 Å². The Kier molecular flexibility index (Phi) is 10.8. The Morgan fingerprint density at radius 3 is 2.55 bits per heavy atom. The van der Waals surface area contributed by atoms with Gasteiger partial charge in [-0.05, 0) is 18.6 Å². The SMILES string of the molecule is CCCCNC(=NC)N(C)Cc1ccc(OC)cc1OC.I. The van der Waals surface area contributed by atoms with Gasteiger partial charge in [0.25, 0.3) is 0 Å².